The van der Waals surface area contributed by atoms with Crippen LogP contribution in [0.1, 0.15) is 44.3 Å². The molecular weight excluding hydrogens is 306 g/mol. The first-order valence-electron chi connectivity index (χ1n) is 9.13. The van der Waals surface area contributed by atoms with Crippen LogP contribution in [0.2, 0.25) is 0 Å². The van der Waals surface area contributed by atoms with Gasteiger partial charge in [-0.2, -0.15) is 0 Å². The number of hydrogen-bond donors (Lipinski definition) is 0. The number of fused-ring (bicyclic) bond motifs is 1. The number of nitrogens with zero attached hydrogens (tertiary/aromatic N) is 2. The number of benzene rings is 1. The zero-order valence-electron chi connectivity index (χ0n) is 14.5. The van der Waals surface area contributed by atoms with Gasteiger partial charge in [-0.05, 0) is 63.0 Å². The van der Waals surface area contributed by atoms with Crippen LogP contribution in [-0.2, 0) is 0 Å². The molecule has 1 aliphatic carbocycles. The van der Waals surface area contributed by atoms with Gasteiger partial charge in [0.15, 0.2) is 0 Å². The van der Waals surface area contributed by atoms with Crippen molar-refractivity contribution in [1.82, 2.24) is 9.47 Å². The van der Waals surface area contributed by atoms with E-state index in [1.807, 2.05) is 4.90 Å². The highest BCUT2D eigenvalue weighted by atomic mass is 19.3. The summed E-state index contributed by atoms with van der Waals surface area (Å²) in [5, 5.41) is 1.30. The van der Waals surface area contributed by atoms with Gasteiger partial charge in [0.25, 0.3) is 5.92 Å². The van der Waals surface area contributed by atoms with Gasteiger partial charge in [0.2, 0.25) is 0 Å². The smallest absolute Gasteiger partial charge is 0.272 e. The maximum atomic E-state index is 13.1. The molecule has 0 radical (unpaired) electrons. The van der Waals surface area contributed by atoms with E-state index < -0.39 is 5.92 Å². The van der Waals surface area contributed by atoms with E-state index in [1.165, 1.54) is 16.6 Å². The van der Waals surface area contributed by atoms with E-state index in [4.69, 9.17) is 0 Å². The van der Waals surface area contributed by atoms with E-state index >= 15 is 0 Å². The summed E-state index contributed by atoms with van der Waals surface area (Å²) in [7, 11) is 0. The van der Waals surface area contributed by atoms with E-state index in [0.29, 0.717) is 18.0 Å². The normalized spacial score (nSPS) is 28.7. The number of aryl methyl sites for hydroxylation is 1. The van der Waals surface area contributed by atoms with Crippen LogP contribution in [0.4, 0.5) is 8.78 Å². The molecule has 130 valence electrons. The second-order valence-electron chi connectivity index (χ2n) is 7.78. The number of aromatic nitrogens is 1. The number of likely N-dealkylation sites (tertiary alicyclic amines) is 1. The van der Waals surface area contributed by atoms with Gasteiger partial charge in [-0.25, -0.2) is 8.78 Å². The molecule has 1 aromatic heterocycles. The largest absolute Gasteiger partial charge is 0.342 e. The molecule has 2 aliphatic rings. The molecule has 1 saturated carbocycles. The van der Waals surface area contributed by atoms with Crippen molar-refractivity contribution >= 4 is 10.9 Å². The summed E-state index contributed by atoms with van der Waals surface area (Å²) >= 11 is 0. The van der Waals surface area contributed by atoms with Crippen LogP contribution in [0, 0.1) is 12.8 Å². The Bertz CT molecular complexity index is 720. The van der Waals surface area contributed by atoms with Crippen molar-refractivity contribution in [1.29, 1.82) is 0 Å². The molecule has 24 heavy (non-hydrogen) atoms. The standard InChI is InChI=1S/C20H26F2N2/c1-14-11-17-5-3-4-6-19(17)24(14)15(2)16-7-9-18(10-8-16)23-12-20(21,22)13-23/h3-6,11,15-16,18H,7-10,12-13H2,1-2H3. The first-order chi connectivity index (χ1) is 11.4. The van der Waals surface area contributed by atoms with Gasteiger partial charge in [-0.15, -0.1) is 0 Å². The summed E-state index contributed by atoms with van der Waals surface area (Å²) in [6.07, 6.45) is 4.40. The van der Waals surface area contributed by atoms with E-state index in [-0.39, 0.29) is 13.1 Å². The van der Waals surface area contributed by atoms with Gasteiger partial charge in [0, 0.05) is 23.3 Å². The van der Waals surface area contributed by atoms with Crippen molar-refractivity contribution in [2.75, 3.05) is 13.1 Å². The highest BCUT2D eigenvalue weighted by Crippen LogP contribution is 2.40. The molecular formula is C20H26F2N2. The molecule has 1 atom stereocenters. The van der Waals surface area contributed by atoms with Crippen molar-refractivity contribution in [2.24, 2.45) is 5.92 Å². The van der Waals surface area contributed by atoms with Crippen LogP contribution < -0.4 is 0 Å². The third-order valence-electron chi connectivity index (χ3n) is 6.16. The number of alkyl halides is 2. The Balaban J connectivity index is 1.44. The van der Waals surface area contributed by atoms with Gasteiger partial charge in [0.05, 0.1) is 13.1 Å². The second kappa shape index (κ2) is 5.83. The van der Waals surface area contributed by atoms with Gasteiger partial charge < -0.3 is 4.57 Å². The average Bonchev–Trinajstić information content (AvgIpc) is 2.88. The van der Waals surface area contributed by atoms with E-state index in [9.17, 15) is 8.78 Å². The van der Waals surface area contributed by atoms with Crippen molar-refractivity contribution in [2.45, 2.75) is 57.5 Å². The average molecular weight is 332 g/mol. The lowest BCUT2D eigenvalue weighted by molar-refractivity contribution is -0.151. The monoisotopic (exact) mass is 332 g/mol. The van der Waals surface area contributed by atoms with Crippen LogP contribution in [0.3, 0.4) is 0 Å². The fourth-order valence-electron chi connectivity index (χ4n) is 4.82. The molecule has 4 heteroatoms. The maximum absolute atomic E-state index is 13.1. The summed E-state index contributed by atoms with van der Waals surface area (Å²) in [5.41, 5.74) is 2.63. The van der Waals surface area contributed by atoms with Gasteiger partial charge >= 0.3 is 0 Å². The fraction of sp³-hybridized carbons (Fsp3) is 0.600. The number of hydrogen-bond acceptors (Lipinski definition) is 1. The topological polar surface area (TPSA) is 8.17 Å². The van der Waals surface area contributed by atoms with Gasteiger partial charge in [0.1, 0.15) is 0 Å². The minimum absolute atomic E-state index is 0.0285. The highest BCUT2D eigenvalue weighted by molar-refractivity contribution is 5.81. The quantitative estimate of drug-likeness (QED) is 0.766. The Kier molecular flexibility index (Phi) is 3.91. The van der Waals surface area contributed by atoms with Crippen LogP contribution in [0.5, 0.6) is 0 Å². The zero-order valence-corrected chi connectivity index (χ0v) is 14.5. The molecule has 2 heterocycles. The molecule has 1 unspecified atom stereocenters. The molecule has 0 bridgehead atoms. The lowest BCUT2D eigenvalue weighted by Crippen LogP contribution is -2.60. The summed E-state index contributed by atoms with van der Waals surface area (Å²) in [6.45, 7) is 4.45. The lowest BCUT2D eigenvalue weighted by atomic mass is 9.80. The van der Waals surface area contributed by atoms with Crippen molar-refractivity contribution < 1.29 is 8.78 Å². The molecule has 0 N–H and O–H groups in total. The van der Waals surface area contributed by atoms with Crippen molar-refractivity contribution in [3.8, 4) is 0 Å². The summed E-state index contributed by atoms with van der Waals surface area (Å²) < 4.78 is 28.6. The van der Waals surface area contributed by atoms with E-state index in [0.717, 1.165) is 25.7 Å². The summed E-state index contributed by atoms with van der Waals surface area (Å²) in [6, 6.07) is 11.7. The molecule has 2 aromatic rings. The zero-order chi connectivity index (χ0) is 16.9. The molecule has 0 amide bonds. The fourth-order valence-corrected chi connectivity index (χ4v) is 4.82. The minimum Gasteiger partial charge on any atom is -0.342 e. The summed E-state index contributed by atoms with van der Waals surface area (Å²) in [5.74, 6) is -1.80. The molecule has 1 aromatic carbocycles. The molecule has 1 aliphatic heterocycles. The van der Waals surface area contributed by atoms with Crippen LogP contribution >= 0.6 is 0 Å². The predicted molar refractivity (Wildman–Crippen MR) is 93.7 cm³/mol. The Morgan fingerprint density at radius 1 is 1.08 bits per heavy atom. The lowest BCUT2D eigenvalue weighted by Gasteiger charge is -2.46. The molecule has 2 fully saturated rings. The first kappa shape index (κ1) is 16.1. The molecule has 0 spiro atoms. The molecule has 2 nitrogen and oxygen atoms in total. The highest BCUT2D eigenvalue weighted by Gasteiger charge is 2.47. The Labute approximate surface area is 142 Å². The Morgan fingerprint density at radius 3 is 2.42 bits per heavy atom. The molecule has 1 saturated heterocycles. The number of rotatable bonds is 3. The molecule has 4 rings (SSSR count). The van der Waals surface area contributed by atoms with Gasteiger partial charge in [-0.1, -0.05) is 18.2 Å². The number of para-hydroxylation sites is 1. The Hall–Kier alpha value is -1.42. The van der Waals surface area contributed by atoms with Gasteiger partial charge in [-0.3, -0.25) is 4.90 Å². The van der Waals surface area contributed by atoms with E-state index in [1.54, 1.807) is 0 Å². The first-order valence-corrected chi connectivity index (χ1v) is 9.13. The van der Waals surface area contributed by atoms with Crippen LogP contribution in [0.15, 0.2) is 30.3 Å². The summed E-state index contributed by atoms with van der Waals surface area (Å²) in [4.78, 5) is 1.98. The Morgan fingerprint density at radius 2 is 1.75 bits per heavy atom. The third kappa shape index (κ3) is 2.75. The van der Waals surface area contributed by atoms with E-state index in [2.05, 4.69) is 48.7 Å². The third-order valence-corrected chi connectivity index (χ3v) is 6.16. The predicted octanol–water partition coefficient (Wildman–Crippen LogP) is 5.02. The van der Waals surface area contributed by atoms with Crippen molar-refractivity contribution in [3.05, 3.63) is 36.0 Å². The SMILES string of the molecule is Cc1cc2ccccc2n1C(C)C1CCC(N2CC(F)(F)C2)CC1. The minimum atomic E-state index is -2.44. The number of halogens is 2. The maximum Gasteiger partial charge on any atom is 0.272 e. The second-order valence-corrected chi connectivity index (χ2v) is 7.78. The van der Waals surface area contributed by atoms with Crippen LogP contribution in [-0.4, -0.2) is 34.5 Å². The van der Waals surface area contributed by atoms with Crippen LogP contribution in [0.25, 0.3) is 10.9 Å². The van der Waals surface area contributed by atoms with Crippen molar-refractivity contribution in [3.63, 3.8) is 0 Å².